The Morgan fingerprint density at radius 2 is 2.11 bits per heavy atom. The Bertz CT molecular complexity index is 701. The van der Waals surface area contributed by atoms with Gasteiger partial charge in [-0.05, 0) is 42.8 Å². The van der Waals surface area contributed by atoms with Crippen LogP contribution in [0.15, 0.2) is 18.2 Å². The summed E-state index contributed by atoms with van der Waals surface area (Å²) < 4.78 is 25.1. The van der Waals surface area contributed by atoms with Crippen molar-refractivity contribution in [2.75, 3.05) is 31.7 Å². The van der Waals surface area contributed by atoms with Crippen LogP contribution in [0, 0.1) is 11.9 Å². The van der Waals surface area contributed by atoms with Crippen molar-refractivity contribution in [2.24, 2.45) is 5.92 Å². The van der Waals surface area contributed by atoms with E-state index < -0.39 is 20.2 Å². The molecule has 7 heteroatoms. The minimum atomic E-state index is -1.75. The van der Waals surface area contributed by atoms with Gasteiger partial charge in [-0.3, -0.25) is 0 Å². The molecule has 0 spiro atoms. The van der Waals surface area contributed by atoms with Crippen molar-refractivity contribution in [1.82, 2.24) is 4.98 Å². The van der Waals surface area contributed by atoms with Crippen molar-refractivity contribution in [2.45, 2.75) is 45.3 Å². The number of pyridine rings is 1. The molecule has 2 rings (SSSR count). The highest BCUT2D eigenvalue weighted by molar-refractivity contribution is 6.74. The van der Waals surface area contributed by atoms with E-state index in [0.29, 0.717) is 11.7 Å². The summed E-state index contributed by atoms with van der Waals surface area (Å²) in [5.41, 5.74) is 0.265. The first-order valence-corrected chi connectivity index (χ1v) is 12.3. The third-order valence-electron chi connectivity index (χ3n) is 5.56. The third kappa shape index (κ3) is 5.62. The molecule has 0 unspecified atom stereocenters. The van der Waals surface area contributed by atoms with Crippen LogP contribution in [0.5, 0.6) is 0 Å². The topological polar surface area (TPSA) is 51.7 Å². The second-order valence-electron chi connectivity index (χ2n) is 8.58. The number of aromatic nitrogens is 1. The first kappa shape index (κ1) is 21.6. The van der Waals surface area contributed by atoms with Gasteiger partial charge in [0, 0.05) is 37.3 Å². The third-order valence-corrected chi connectivity index (χ3v) is 10.1. The number of hydrogen-bond donors (Lipinski definition) is 0. The van der Waals surface area contributed by atoms with Crippen molar-refractivity contribution in [1.29, 1.82) is 0 Å². The number of hydrogen-bond acceptors (Lipinski definition) is 5. The summed E-state index contributed by atoms with van der Waals surface area (Å²) in [6.07, 6.45) is 3.57. The fraction of sp³-hybridized carbons (Fsp3) is 0.600. The number of ether oxygens (including phenoxy) is 1. The van der Waals surface area contributed by atoms with Crippen molar-refractivity contribution in [3.8, 4) is 0 Å². The minimum Gasteiger partial charge on any atom is -0.466 e. The second-order valence-corrected chi connectivity index (χ2v) is 13.4. The second kappa shape index (κ2) is 8.52. The van der Waals surface area contributed by atoms with Gasteiger partial charge in [-0.1, -0.05) is 20.8 Å². The zero-order chi connectivity index (χ0) is 20.2. The van der Waals surface area contributed by atoms with Crippen LogP contribution in [0.4, 0.5) is 10.2 Å². The van der Waals surface area contributed by atoms with Crippen LogP contribution in [0.2, 0.25) is 18.1 Å². The molecular formula is C20H31FN2O3Si. The van der Waals surface area contributed by atoms with Crippen LogP contribution in [-0.2, 0) is 14.0 Å². The van der Waals surface area contributed by atoms with Crippen LogP contribution in [0.1, 0.15) is 32.8 Å². The van der Waals surface area contributed by atoms with Crippen molar-refractivity contribution in [3.63, 3.8) is 0 Å². The highest BCUT2D eigenvalue weighted by Crippen LogP contribution is 2.37. The quantitative estimate of drug-likeness (QED) is 0.312. The van der Waals surface area contributed by atoms with Gasteiger partial charge >= 0.3 is 5.97 Å². The van der Waals surface area contributed by atoms with Gasteiger partial charge in [-0.25, -0.2) is 9.78 Å². The normalized spacial score (nSPS) is 18.3. The van der Waals surface area contributed by atoms with Gasteiger partial charge < -0.3 is 14.1 Å². The molecule has 0 bridgehead atoms. The molecule has 0 radical (unpaired) electrons. The van der Waals surface area contributed by atoms with Crippen LogP contribution in [0.3, 0.4) is 0 Å². The summed E-state index contributed by atoms with van der Waals surface area (Å²) >= 11 is 0. The number of rotatable bonds is 6. The van der Waals surface area contributed by atoms with Gasteiger partial charge in [0.1, 0.15) is 5.82 Å². The maximum Gasteiger partial charge on any atom is 0.330 e. The lowest BCUT2D eigenvalue weighted by Crippen LogP contribution is -2.42. The Balaban J connectivity index is 1.96. The number of nitrogens with zero attached hydrogens (tertiary/aromatic N) is 2. The molecule has 1 atom stereocenters. The Morgan fingerprint density at radius 1 is 1.41 bits per heavy atom. The minimum absolute atomic E-state index is 0.198. The number of methoxy groups -OCH3 is 1. The summed E-state index contributed by atoms with van der Waals surface area (Å²) in [7, 11) is -0.471. The smallest absolute Gasteiger partial charge is 0.330 e. The van der Waals surface area contributed by atoms with Crippen molar-refractivity contribution in [3.05, 3.63) is 29.7 Å². The van der Waals surface area contributed by atoms with Gasteiger partial charge in [-0.15, -0.1) is 0 Å². The van der Waals surface area contributed by atoms with E-state index in [-0.39, 0.29) is 10.6 Å². The molecule has 0 saturated carbocycles. The summed E-state index contributed by atoms with van der Waals surface area (Å²) in [5.74, 6) is -0.0587. The SMILES string of the molecule is COC(=O)/C=C/c1ccc(N2CC[C@@H](CO[Si](C)(C)C(C)(C)C)C2)nc1F. The Morgan fingerprint density at radius 3 is 2.70 bits per heavy atom. The fourth-order valence-electron chi connectivity index (χ4n) is 2.68. The molecule has 0 aromatic carbocycles. The van der Waals surface area contributed by atoms with Crippen LogP contribution in [-0.4, -0.2) is 46.1 Å². The van der Waals surface area contributed by atoms with Crippen molar-refractivity contribution >= 4 is 26.2 Å². The molecule has 5 nitrogen and oxygen atoms in total. The van der Waals surface area contributed by atoms with E-state index in [2.05, 4.69) is 48.5 Å². The Kier molecular flexibility index (Phi) is 6.81. The van der Waals surface area contributed by atoms with Gasteiger partial charge in [0.05, 0.1) is 7.11 Å². The van der Waals surface area contributed by atoms with E-state index in [1.807, 2.05) is 0 Å². The largest absolute Gasteiger partial charge is 0.466 e. The lowest BCUT2D eigenvalue weighted by molar-refractivity contribution is -0.134. The maximum absolute atomic E-state index is 14.2. The molecule has 0 amide bonds. The van der Waals surface area contributed by atoms with E-state index in [1.165, 1.54) is 19.3 Å². The summed E-state index contributed by atoms with van der Waals surface area (Å²) in [6.45, 7) is 13.6. The summed E-state index contributed by atoms with van der Waals surface area (Å²) in [4.78, 5) is 17.3. The molecule has 2 heterocycles. The zero-order valence-electron chi connectivity index (χ0n) is 17.2. The van der Waals surface area contributed by atoms with E-state index in [0.717, 1.165) is 26.1 Å². The molecular weight excluding hydrogens is 363 g/mol. The van der Waals surface area contributed by atoms with E-state index in [1.54, 1.807) is 12.1 Å². The number of anilines is 1. The Hall–Kier alpha value is -1.73. The Labute approximate surface area is 162 Å². The summed E-state index contributed by atoms with van der Waals surface area (Å²) in [5, 5.41) is 0.198. The highest BCUT2D eigenvalue weighted by atomic mass is 28.4. The lowest BCUT2D eigenvalue weighted by Gasteiger charge is -2.37. The number of carbonyl (C=O) groups excluding carboxylic acids is 1. The van der Waals surface area contributed by atoms with Crippen LogP contribution in [0.25, 0.3) is 6.08 Å². The average Bonchev–Trinajstić information content (AvgIpc) is 3.06. The van der Waals surface area contributed by atoms with Crippen molar-refractivity contribution < 1.29 is 18.3 Å². The molecule has 0 aliphatic carbocycles. The molecule has 1 aromatic rings. The molecule has 1 saturated heterocycles. The first-order chi connectivity index (χ1) is 12.5. The molecule has 27 heavy (non-hydrogen) atoms. The molecule has 0 N–H and O–H groups in total. The standard InChI is InChI=1S/C20H31FN2O3Si/c1-20(2,3)27(5,6)26-14-15-11-12-23(13-15)17-9-7-16(19(21)22-17)8-10-18(24)25-4/h7-10,15H,11-14H2,1-6H3/b10-8+/t15-/m1/s1. The van der Waals surface area contributed by atoms with Gasteiger partial charge in [0.15, 0.2) is 8.32 Å². The van der Waals surface area contributed by atoms with Crippen LogP contribution < -0.4 is 4.90 Å². The van der Waals surface area contributed by atoms with Crippen LogP contribution >= 0.6 is 0 Å². The monoisotopic (exact) mass is 394 g/mol. The number of halogens is 1. The van der Waals surface area contributed by atoms with Gasteiger partial charge in [-0.2, -0.15) is 4.39 Å². The predicted molar refractivity (Wildman–Crippen MR) is 109 cm³/mol. The average molecular weight is 395 g/mol. The first-order valence-electron chi connectivity index (χ1n) is 9.35. The number of esters is 1. The zero-order valence-corrected chi connectivity index (χ0v) is 18.2. The predicted octanol–water partition coefficient (Wildman–Crippen LogP) is 4.26. The van der Waals surface area contributed by atoms with Gasteiger partial charge in [0.2, 0.25) is 5.95 Å². The molecule has 150 valence electrons. The highest BCUT2D eigenvalue weighted by Gasteiger charge is 2.38. The van der Waals surface area contributed by atoms with Gasteiger partial charge in [0.25, 0.3) is 0 Å². The maximum atomic E-state index is 14.2. The lowest BCUT2D eigenvalue weighted by atomic mass is 10.1. The molecule has 1 aliphatic heterocycles. The van der Waals surface area contributed by atoms with E-state index in [4.69, 9.17) is 4.43 Å². The van der Waals surface area contributed by atoms with E-state index in [9.17, 15) is 9.18 Å². The molecule has 1 fully saturated rings. The number of carbonyl (C=O) groups is 1. The summed E-state index contributed by atoms with van der Waals surface area (Å²) in [6, 6.07) is 3.42. The molecule has 1 aromatic heterocycles. The van der Waals surface area contributed by atoms with E-state index >= 15 is 0 Å². The molecule has 1 aliphatic rings. The fourth-order valence-corrected chi connectivity index (χ4v) is 3.77.